The first-order valence-corrected chi connectivity index (χ1v) is 7.41. The van der Waals surface area contributed by atoms with Crippen molar-refractivity contribution < 1.29 is 29.7 Å². The lowest BCUT2D eigenvalue weighted by atomic mass is 10.1. The topological polar surface area (TPSA) is 117 Å². The van der Waals surface area contributed by atoms with Crippen LogP contribution in [-0.2, 0) is 9.09 Å². The van der Waals surface area contributed by atoms with Crippen LogP contribution >= 0.6 is 7.82 Å². The number of unbranched alkanes of at least 4 members (excludes halogenated alkanes) is 2. The summed E-state index contributed by atoms with van der Waals surface area (Å²) in [5, 5.41) is 7.81. The molecule has 0 radical (unpaired) electrons. The zero-order valence-electron chi connectivity index (χ0n) is 10.8. The molecule has 0 spiro atoms. The maximum absolute atomic E-state index is 10.1. The van der Waals surface area contributed by atoms with Gasteiger partial charge in [-0.25, -0.2) is 0 Å². The van der Waals surface area contributed by atoms with E-state index in [4.69, 9.17) is 10.00 Å². The van der Waals surface area contributed by atoms with E-state index in [-0.39, 0.29) is 13.2 Å². The molecule has 0 aromatic heterocycles. The number of quaternary nitrogens is 1. The maximum Gasteiger partial charge on any atom is 0.265 e. The van der Waals surface area contributed by atoms with Crippen LogP contribution in [0.3, 0.4) is 0 Å². The SMILES string of the molecule is CC(C)CCCCCOP(=O)([O-])O.[NH3+]CCO. The Balaban J connectivity index is 0. The van der Waals surface area contributed by atoms with Crippen molar-refractivity contribution in [3.8, 4) is 0 Å². The standard InChI is InChI=1S/C8H19O4P.C2H7NO/c1-8(2)6-4-3-5-7-12-13(9,10)11;3-1-2-4/h8H,3-7H2,1-2H3,(H2,9,10,11);4H,1-3H2. The third-order valence-electron chi connectivity index (χ3n) is 1.84. The molecule has 0 saturated carbocycles. The van der Waals surface area contributed by atoms with E-state index in [0.717, 1.165) is 19.3 Å². The number of hydrogen-bond acceptors (Lipinski definition) is 4. The molecule has 0 amide bonds. The predicted molar refractivity (Wildman–Crippen MR) is 63.9 cm³/mol. The van der Waals surface area contributed by atoms with Crippen LogP contribution in [0.2, 0.25) is 0 Å². The van der Waals surface area contributed by atoms with E-state index in [9.17, 15) is 9.46 Å². The van der Waals surface area contributed by atoms with E-state index in [0.29, 0.717) is 18.9 Å². The smallest absolute Gasteiger partial charge is 0.265 e. The Bertz CT molecular complexity index is 193. The second-order valence-corrected chi connectivity index (χ2v) is 5.32. The Kier molecular flexibility index (Phi) is 14.2. The van der Waals surface area contributed by atoms with Gasteiger partial charge in [-0.2, -0.15) is 0 Å². The molecular weight excluding hydrogens is 245 g/mol. The van der Waals surface area contributed by atoms with Gasteiger partial charge >= 0.3 is 0 Å². The summed E-state index contributed by atoms with van der Waals surface area (Å²) in [7, 11) is -4.48. The Labute approximate surface area is 103 Å². The highest BCUT2D eigenvalue weighted by Gasteiger charge is 2.00. The fourth-order valence-electron chi connectivity index (χ4n) is 1.01. The average molecular weight is 271 g/mol. The normalized spacial score (nSPS) is 14.1. The van der Waals surface area contributed by atoms with Crippen molar-refractivity contribution in [2.45, 2.75) is 39.5 Å². The molecule has 0 saturated heterocycles. The first kappa shape index (κ1) is 19.4. The molecule has 0 rings (SSSR count). The van der Waals surface area contributed by atoms with Gasteiger partial charge in [0.05, 0.1) is 19.8 Å². The molecule has 1 atom stereocenters. The predicted octanol–water partition coefficient (Wildman–Crippen LogP) is -0.0993. The van der Waals surface area contributed by atoms with Crippen LogP contribution in [0.25, 0.3) is 0 Å². The Morgan fingerprint density at radius 3 is 2.24 bits per heavy atom. The summed E-state index contributed by atoms with van der Waals surface area (Å²) >= 11 is 0. The van der Waals surface area contributed by atoms with Crippen LogP contribution in [0, 0.1) is 5.92 Å². The highest BCUT2D eigenvalue weighted by atomic mass is 31.2. The third kappa shape index (κ3) is 25.9. The van der Waals surface area contributed by atoms with Crippen LogP contribution < -0.4 is 10.6 Å². The molecule has 7 heteroatoms. The quantitative estimate of drug-likeness (QED) is 0.421. The van der Waals surface area contributed by atoms with Crippen LogP contribution in [0.15, 0.2) is 0 Å². The minimum absolute atomic E-state index is 0.0926. The summed E-state index contributed by atoms with van der Waals surface area (Å²) in [6.07, 6.45) is 3.85. The van der Waals surface area contributed by atoms with E-state index in [1.165, 1.54) is 0 Å². The van der Waals surface area contributed by atoms with Gasteiger partial charge < -0.3 is 25.2 Å². The fourth-order valence-corrected chi connectivity index (χ4v) is 1.37. The van der Waals surface area contributed by atoms with Crippen molar-refractivity contribution >= 4 is 7.82 Å². The van der Waals surface area contributed by atoms with Gasteiger partial charge in [0, 0.05) is 0 Å². The van der Waals surface area contributed by atoms with Gasteiger partial charge in [0.25, 0.3) is 7.82 Å². The van der Waals surface area contributed by atoms with Crippen LogP contribution in [-0.4, -0.2) is 29.8 Å². The zero-order valence-corrected chi connectivity index (χ0v) is 11.7. The number of rotatable bonds is 8. The molecule has 1 unspecified atom stereocenters. The van der Waals surface area contributed by atoms with Gasteiger partial charge in [0.1, 0.15) is 0 Å². The van der Waals surface area contributed by atoms with E-state index in [2.05, 4.69) is 24.1 Å². The maximum atomic E-state index is 10.1. The molecule has 0 fully saturated rings. The van der Waals surface area contributed by atoms with E-state index < -0.39 is 7.82 Å². The lowest BCUT2D eigenvalue weighted by Crippen LogP contribution is -2.51. The first-order valence-electron chi connectivity index (χ1n) is 5.92. The molecule has 0 heterocycles. The molecule has 0 aliphatic rings. The first-order chi connectivity index (χ1) is 7.83. The molecule has 0 aromatic rings. The monoisotopic (exact) mass is 271 g/mol. The Morgan fingerprint density at radius 1 is 1.35 bits per heavy atom. The van der Waals surface area contributed by atoms with Crippen molar-refractivity contribution in [3.63, 3.8) is 0 Å². The molecule has 106 valence electrons. The Hall–Kier alpha value is 0.0300. The largest absolute Gasteiger partial charge is 0.756 e. The molecule has 5 N–H and O–H groups in total. The van der Waals surface area contributed by atoms with Crippen LogP contribution in [0.4, 0.5) is 0 Å². The molecule has 0 aromatic carbocycles. The van der Waals surface area contributed by atoms with E-state index >= 15 is 0 Å². The summed E-state index contributed by atoms with van der Waals surface area (Å²) in [5.41, 5.74) is 3.35. The Morgan fingerprint density at radius 2 is 1.88 bits per heavy atom. The van der Waals surface area contributed by atoms with Gasteiger partial charge in [-0.15, -0.1) is 0 Å². The van der Waals surface area contributed by atoms with E-state index in [1.54, 1.807) is 0 Å². The molecular formula is C10H26NO5P. The van der Waals surface area contributed by atoms with E-state index in [1.807, 2.05) is 0 Å². The summed E-state index contributed by atoms with van der Waals surface area (Å²) < 4.78 is 14.3. The number of hydrogen-bond donors (Lipinski definition) is 3. The number of aliphatic hydroxyl groups excluding tert-OH is 1. The van der Waals surface area contributed by atoms with Crippen molar-refractivity contribution in [3.05, 3.63) is 0 Å². The number of phosphoric acid groups is 1. The van der Waals surface area contributed by atoms with Gasteiger partial charge in [-0.1, -0.05) is 33.1 Å². The summed E-state index contributed by atoms with van der Waals surface area (Å²) in [5.74, 6) is 0.685. The van der Waals surface area contributed by atoms with Crippen molar-refractivity contribution in [2.24, 2.45) is 5.92 Å². The fraction of sp³-hybridized carbons (Fsp3) is 1.00. The highest BCUT2D eigenvalue weighted by Crippen LogP contribution is 2.30. The molecule has 17 heavy (non-hydrogen) atoms. The number of phosphoric ester groups is 1. The zero-order chi connectivity index (χ0) is 13.7. The van der Waals surface area contributed by atoms with Gasteiger partial charge in [-0.05, 0) is 12.3 Å². The van der Waals surface area contributed by atoms with Gasteiger partial charge in [-0.3, -0.25) is 4.57 Å². The third-order valence-corrected chi connectivity index (χ3v) is 2.35. The van der Waals surface area contributed by atoms with Crippen molar-refractivity contribution in [1.29, 1.82) is 0 Å². The molecule has 0 aliphatic carbocycles. The molecule has 0 aliphatic heterocycles. The van der Waals surface area contributed by atoms with Crippen LogP contribution in [0.1, 0.15) is 39.5 Å². The lowest BCUT2D eigenvalue weighted by Gasteiger charge is -2.15. The van der Waals surface area contributed by atoms with Gasteiger partial charge in [0.2, 0.25) is 0 Å². The lowest BCUT2D eigenvalue weighted by molar-refractivity contribution is -0.372. The second-order valence-electron chi connectivity index (χ2n) is 4.12. The second kappa shape index (κ2) is 12.5. The van der Waals surface area contributed by atoms with Gasteiger partial charge in [0.15, 0.2) is 0 Å². The highest BCUT2D eigenvalue weighted by molar-refractivity contribution is 7.44. The van der Waals surface area contributed by atoms with Crippen LogP contribution in [0.5, 0.6) is 0 Å². The summed E-state index contributed by atoms with van der Waals surface area (Å²) in [6, 6.07) is 0. The summed E-state index contributed by atoms with van der Waals surface area (Å²) in [4.78, 5) is 18.4. The van der Waals surface area contributed by atoms with Crippen molar-refractivity contribution in [1.82, 2.24) is 0 Å². The summed E-state index contributed by atoms with van der Waals surface area (Å²) in [6.45, 7) is 5.22. The molecule has 0 bridgehead atoms. The molecule has 6 nitrogen and oxygen atoms in total. The minimum Gasteiger partial charge on any atom is -0.756 e. The van der Waals surface area contributed by atoms with Crippen molar-refractivity contribution in [2.75, 3.05) is 19.8 Å². The minimum atomic E-state index is -4.48. The number of aliphatic hydroxyl groups is 1. The average Bonchev–Trinajstić information content (AvgIpc) is 2.22.